The van der Waals surface area contributed by atoms with Crippen molar-refractivity contribution in [3.8, 4) is 11.4 Å². The maximum absolute atomic E-state index is 11.7. The highest BCUT2D eigenvalue weighted by Gasteiger charge is 2.17. The van der Waals surface area contributed by atoms with Crippen molar-refractivity contribution in [1.82, 2.24) is 19.7 Å². The number of fused-ring (bicyclic) bond motifs is 1. The normalized spacial score (nSPS) is 10.9. The highest BCUT2D eigenvalue weighted by atomic mass is 35.5. The van der Waals surface area contributed by atoms with Gasteiger partial charge in [0.1, 0.15) is 11.4 Å². The van der Waals surface area contributed by atoms with Gasteiger partial charge < -0.3 is 5.32 Å². The van der Waals surface area contributed by atoms with Crippen LogP contribution < -0.4 is 5.32 Å². The summed E-state index contributed by atoms with van der Waals surface area (Å²) in [4.78, 5) is 19.9. The molecule has 0 aliphatic carbocycles. The van der Waals surface area contributed by atoms with Crippen LogP contribution in [0.4, 0.5) is 5.69 Å². The maximum Gasteiger partial charge on any atom is 0.224 e. The average molecular weight is 316 g/mol. The zero-order valence-electron chi connectivity index (χ0n) is 12.2. The minimum absolute atomic E-state index is 0.110. The Kier molecular flexibility index (Phi) is 3.77. The summed E-state index contributed by atoms with van der Waals surface area (Å²) in [7, 11) is 1.86. The topological polar surface area (TPSA) is 72.7 Å². The molecule has 1 N–H and O–H groups in total. The van der Waals surface area contributed by atoms with E-state index in [1.54, 1.807) is 11.6 Å². The molecule has 2 heterocycles. The molecule has 0 fully saturated rings. The largest absolute Gasteiger partial charge is 0.323 e. The van der Waals surface area contributed by atoms with Gasteiger partial charge >= 0.3 is 0 Å². The van der Waals surface area contributed by atoms with Crippen LogP contribution in [0.1, 0.15) is 13.3 Å². The quantitative estimate of drug-likeness (QED) is 0.754. The molecule has 0 aliphatic rings. The number of benzene rings is 1. The number of nitrogens with zero attached hydrogens (tertiary/aromatic N) is 4. The number of para-hydroxylation sites is 1. The Bertz CT molecular complexity index is 858. The molecule has 6 nitrogen and oxygen atoms in total. The van der Waals surface area contributed by atoms with Crippen molar-refractivity contribution >= 4 is 34.1 Å². The third-order valence-electron chi connectivity index (χ3n) is 3.34. The predicted molar refractivity (Wildman–Crippen MR) is 85.7 cm³/mol. The number of nitrogens with one attached hydrogen (secondary N) is 1. The summed E-state index contributed by atoms with van der Waals surface area (Å²) in [5.41, 5.74) is 2.65. The second-order valence-corrected chi connectivity index (χ2v) is 5.13. The van der Waals surface area contributed by atoms with E-state index in [4.69, 9.17) is 11.6 Å². The summed E-state index contributed by atoms with van der Waals surface area (Å²) >= 11 is 5.93. The molecule has 0 unspecified atom stereocenters. The summed E-state index contributed by atoms with van der Waals surface area (Å²) in [6.45, 7) is 1.78. The summed E-state index contributed by atoms with van der Waals surface area (Å²) in [5, 5.41) is 8.35. The van der Waals surface area contributed by atoms with Gasteiger partial charge in [-0.3, -0.25) is 9.48 Å². The van der Waals surface area contributed by atoms with Crippen molar-refractivity contribution in [2.24, 2.45) is 7.05 Å². The van der Waals surface area contributed by atoms with Gasteiger partial charge in [0, 0.05) is 18.9 Å². The van der Waals surface area contributed by atoms with Crippen LogP contribution >= 0.6 is 11.6 Å². The number of aromatic nitrogens is 4. The number of anilines is 1. The fourth-order valence-electron chi connectivity index (χ4n) is 2.26. The van der Waals surface area contributed by atoms with E-state index in [9.17, 15) is 4.79 Å². The summed E-state index contributed by atoms with van der Waals surface area (Å²) in [6, 6.07) is 7.80. The van der Waals surface area contributed by atoms with Gasteiger partial charge in [-0.2, -0.15) is 5.10 Å². The average Bonchev–Trinajstić information content (AvgIpc) is 2.86. The monoisotopic (exact) mass is 315 g/mol. The van der Waals surface area contributed by atoms with Crippen LogP contribution in [0.15, 0.2) is 30.5 Å². The van der Waals surface area contributed by atoms with Crippen LogP contribution in [0, 0.1) is 0 Å². The number of carbonyl (C=O) groups excluding carboxylic acids is 1. The van der Waals surface area contributed by atoms with Gasteiger partial charge in [-0.15, -0.1) is 0 Å². The van der Waals surface area contributed by atoms with E-state index in [0.29, 0.717) is 23.5 Å². The van der Waals surface area contributed by atoms with Crippen LogP contribution in [0.2, 0.25) is 5.28 Å². The fourth-order valence-corrected chi connectivity index (χ4v) is 2.39. The summed E-state index contributed by atoms with van der Waals surface area (Å²) in [6.07, 6.45) is 1.87. The lowest BCUT2D eigenvalue weighted by molar-refractivity contribution is -0.115. The van der Waals surface area contributed by atoms with Crippen molar-refractivity contribution < 1.29 is 4.79 Å². The minimum atomic E-state index is -0.118. The molecule has 112 valence electrons. The number of amides is 1. The first-order valence-corrected chi connectivity index (χ1v) is 7.22. The third kappa shape index (κ3) is 2.53. The Morgan fingerprint density at radius 3 is 2.86 bits per heavy atom. The molecule has 0 bridgehead atoms. The van der Waals surface area contributed by atoms with Crippen molar-refractivity contribution in [2.75, 3.05) is 5.32 Å². The second kappa shape index (κ2) is 5.73. The molecule has 3 rings (SSSR count). The number of hydrogen-bond acceptors (Lipinski definition) is 4. The Labute approximate surface area is 132 Å². The van der Waals surface area contributed by atoms with E-state index in [2.05, 4.69) is 20.4 Å². The lowest BCUT2D eigenvalue weighted by atomic mass is 10.1. The Morgan fingerprint density at radius 2 is 2.09 bits per heavy atom. The molecule has 3 aromatic rings. The van der Waals surface area contributed by atoms with E-state index in [-0.39, 0.29) is 11.2 Å². The number of hydrogen-bond donors (Lipinski definition) is 1. The summed E-state index contributed by atoms with van der Waals surface area (Å²) in [5.74, 6) is -0.118. The lowest BCUT2D eigenvalue weighted by Crippen LogP contribution is -2.11. The molecule has 0 spiro atoms. The van der Waals surface area contributed by atoms with Gasteiger partial charge in [-0.25, -0.2) is 9.97 Å². The predicted octanol–water partition coefficient (Wildman–Crippen LogP) is 3.03. The molecule has 2 aromatic heterocycles. The third-order valence-corrected chi connectivity index (χ3v) is 3.52. The Morgan fingerprint density at radius 1 is 1.32 bits per heavy atom. The Balaban J connectivity index is 2.21. The van der Waals surface area contributed by atoms with Gasteiger partial charge in [0.2, 0.25) is 11.2 Å². The molecular formula is C15H14ClN5O. The molecule has 0 atom stereocenters. The lowest BCUT2D eigenvalue weighted by Gasteiger charge is -2.08. The zero-order chi connectivity index (χ0) is 15.7. The highest BCUT2D eigenvalue weighted by Crippen LogP contribution is 2.31. The first-order valence-electron chi connectivity index (χ1n) is 6.84. The number of aryl methyl sites for hydroxylation is 1. The summed E-state index contributed by atoms with van der Waals surface area (Å²) < 4.78 is 1.77. The zero-order valence-corrected chi connectivity index (χ0v) is 12.9. The van der Waals surface area contributed by atoms with E-state index >= 15 is 0 Å². The van der Waals surface area contributed by atoms with Crippen LogP contribution in [0.25, 0.3) is 22.3 Å². The highest BCUT2D eigenvalue weighted by molar-refractivity contribution is 6.28. The first kappa shape index (κ1) is 14.5. The van der Waals surface area contributed by atoms with Gasteiger partial charge in [0.25, 0.3) is 0 Å². The molecule has 0 radical (unpaired) electrons. The molecule has 0 saturated heterocycles. The number of carbonyl (C=O) groups is 1. The van der Waals surface area contributed by atoms with E-state index < -0.39 is 0 Å². The van der Waals surface area contributed by atoms with E-state index in [0.717, 1.165) is 10.9 Å². The van der Waals surface area contributed by atoms with Gasteiger partial charge in [0.15, 0.2) is 0 Å². The van der Waals surface area contributed by atoms with Crippen LogP contribution in [0.5, 0.6) is 0 Å². The molecule has 7 heteroatoms. The van der Waals surface area contributed by atoms with Crippen molar-refractivity contribution in [3.05, 3.63) is 35.7 Å². The SMILES string of the molecule is CCC(=O)Nc1cnc(Cl)nc1-c1nn(C)c2ccccc12. The molecular weight excluding hydrogens is 302 g/mol. The minimum Gasteiger partial charge on any atom is -0.323 e. The van der Waals surface area contributed by atoms with Gasteiger partial charge in [0.05, 0.1) is 17.4 Å². The fraction of sp³-hybridized carbons (Fsp3) is 0.200. The van der Waals surface area contributed by atoms with Crippen LogP contribution in [-0.4, -0.2) is 25.7 Å². The molecule has 1 aromatic carbocycles. The molecule has 0 saturated carbocycles. The van der Waals surface area contributed by atoms with E-state index in [1.807, 2.05) is 31.3 Å². The second-order valence-electron chi connectivity index (χ2n) is 4.79. The van der Waals surface area contributed by atoms with Gasteiger partial charge in [-0.1, -0.05) is 25.1 Å². The van der Waals surface area contributed by atoms with Crippen molar-refractivity contribution in [1.29, 1.82) is 0 Å². The number of halogens is 1. The van der Waals surface area contributed by atoms with Crippen molar-refractivity contribution in [2.45, 2.75) is 13.3 Å². The molecule has 1 amide bonds. The first-order chi connectivity index (χ1) is 10.6. The van der Waals surface area contributed by atoms with Crippen LogP contribution in [0.3, 0.4) is 0 Å². The standard InChI is InChI=1S/C15H14ClN5O/c1-3-12(22)18-10-8-17-15(16)19-14(10)13-9-6-4-5-7-11(9)21(2)20-13/h4-8H,3H2,1-2H3,(H,18,22). The smallest absolute Gasteiger partial charge is 0.224 e. The van der Waals surface area contributed by atoms with Crippen molar-refractivity contribution in [3.63, 3.8) is 0 Å². The maximum atomic E-state index is 11.7. The number of rotatable bonds is 3. The Hall–Kier alpha value is -2.47. The van der Waals surface area contributed by atoms with E-state index in [1.165, 1.54) is 6.20 Å². The van der Waals surface area contributed by atoms with Gasteiger partial charge in [-0.05, 0) is 17.7 Å². The molecule has 22 heavy (non-hydrogen) atoms. The molecule has 0 aliphatic heterocycles. The van der Waals surface area contributed by atoms with Crippen LogP contribution in [-0.2, 0) is 11.8 Å².